The molecule has 0 unspecified atom stereocenters. The van der Waals surface area contributed by atoms with Crippen molar-refractivity contribution in [1.29, 1.82) is 0 Å². The molecule has 1 aromatic carbocycles. The Balaban J connectivity index is 2.09. The average Bonchev–Trinajstić information content (AvgIpc) is 2.89. The molecular weight excluding hydrogens is 379 g/mol. The predicted octanol–water partition coefficient (Wildman–Crippen LogP) is 3.69. The molecule has 2 heterocycles. The molecule has 0 amide bonds. The maximum Gasteiger partial charge on any atom is 0.231 e. The number of hydrogen-bond acceptors (Lipinski definition) is 4. The van der Waals surface area contributed by atoms with Crippen molar-refractivity contribution in [1.82, 2.24) is 9.97 Å². The number of halogens is 2. The number of rotatable bonds is 2. The van der Waals surface area contributed by atoms with Crippen molar-refractivity contribution in [2.45, 2.75) is 13.3 Å². The zero-order valence-electron chi connectivity index (χ0n) is 10.1. The quantitative estimate of drug-likeness (QED) is 0.581. The van der Waals surface area contributed by atoms with Crippen molar-refractivity contribution in [3.05, 3.63) is 32.6 Å². The minimum absolute atomic E-state index is 0.257. The van der Waals surface area contributed by atoms with E-state index in [0.717, 1.165) is 27.0 Å². The van der Waals surface area contributed by atoms with Crippen LogP contribution in [0.4, 0.5) is 0 Å². The molecule has 0 radical (unpaired) electrons. The van der Waals surface area contributed by atoms with Crippen molar-refractivity contribution in [2.24, 2.45) is 0 Å². The summed E-state index contributed by atoms with van der Waals surface area (Å²) >= 11 is 8.32. The van der Waals surface area contributed by atoms with E-state index in [9.17, 15) is 0 Å². The highest BCUT2D eigenvalue weighted by molar-refractivity contribution is 14.1. The van der Waals surface area contributed by atoms with E-state index in [1.54, 1.807) is 0 Å². The van der Waals surface area contributed by atoms with Gasteiger partial charge in [0.25, 0.3) is 0 Å². The number of ether oxygens (including phenoxy) is 2. The normalized spacial score (nSPS) is 12.8. The van der Waals surface area contributed by atoms with Crippen molar-refractivity contribution < 1.29 is 9.47 Å². The molecule has 3 rings (SSSR count). The van der Waals surface area contributed by atoms with E-state index in [2.05, 4.69) is 32.6 Å². The fourth-order valence-corrected chi connectivity index (χ4v) is 2.67. The second-order valence-electron chi connectivity index (χ2n) is 4.02. The molecule has 0 fully saturated rings. The summed E-state index contributed by atoms with van der Waals surface area (Å²) in [6.07, 6.45) is 0.818. The molecule has 0 N–H and O–H groups in total. The van der Waals surface area contributed by atoms with Gasteiger partial charge in [0.1, 0.15) is 5.15 Å². The van der Waals surface area contributed by atoms with E-state index in [1.807, 2.05) is 25.1 Å². The van der Waals surface area contributed by atoms with Gasteiger partial charge in [0.2, 0.25) is 6.79 Å². The first kappa shape index (κ1) is 12.9. The van der Waals surface area contributed by atoms with Crippen LogP contribution < -0.4 is 9.47 Å². The van der Waals surface area contributed by atoms with E-state index in [0.29, 0.717) is 16.7 Å². The van der Waals surface area contributed by atoms with Gasteiger partial charge in [-0.1, -0.05) is 18.5 Å². The van der Waals surface area contributed by atoms with Crippen LogP contribution in [0.2, 0.25) is 5.15 Å². The predicted molar refractivity (Wildman–Crippen MR) is 80.7 cm³/mol. The highest BCUT2D eigenvalue weighted by atomic mass is 127. The van der Waals surface area contributed by atoms with Gasteiger partial charge in [-0.3, -0.25) is 0 Å². The highest BCUT2D eigenvalue weighted by Gasteiger charge is 2.16. The number of nitrogens with zero attached hydrogens (tertiary/aromatic N) is 2. The van der Waals surface area contributed by atoms with E-state index in [4.69, 9.17) is 21.1 Å². The van der Waals surface area contributed by atoms with Gasteiger partial charge < -0.3 is 9.47 Å². The summed E-state index contributed by atoms with van der Waals surface area (Å²) in [6.45, 7) is 2.30. The maximum absolute atomic E-state index is 6.15. The summed E-state index contributed by atoms with van der Waals surface area (Å²) in [5, 5.41) is 0.486. The number of hydrogen-bond donors (Lipinski definition) is 0. The summed E-state index contributed by atoms with van der Waals surface area (Å²) in [4.78, 5) is 8.88. The second kappa shape index (κ2) is 5.13. The molecule has 0 saturated carbocycles. The summed E-state index contributed by atoms with van der Waals surface area (Å²) in [5.74, 6) is 2.07. The SMILES string of the molecule is CCc1nc(-c2ccc3c(c2)OCO3)nc(Cl)c1I. The standard InChI is InChI=1S/C13H10ClIN2O2/c1-2-8-11(15)12(14)17-13(16-8)7-3-4-9-10(5-7)19-6-18-9/h3-5H,2,6H2,1H3. The molecule has 4 nitrogen and oxygen atoms in total. The summed E-state index contributed by atoms with van der Waals surface area (Å²) in [7, 11) is 0. The largest absolute Gasteiger partial charge is 0.454 e. The van der Waals surface area contributed by atoms with Crippen molar-refractivity contribution >= 4 is 34.2 Å². The number of aryl methyl sites for hydroxylation is 1. The van der Waals surface area contributed by atoms with Gasteiger partial charge in [0.05, 0.1) is 9.26 Å². The topological polar surface area (TPSA) is 44.2 Å². The van der Waals surface area contributed by atoms with Crippen LogP contribution in [0.15, 0.2) is 18.2 Å². The van der Waals surface area contributed by atoms with Crippen LogP contribution in [0.3, 0.4) is 0 Å². The van der Waals surface area contributed by atoms with Crippen LogP contribution in [0.1, 0.15) is 12.6 Å². The second-order valence-corrected chi connectivity index (χ2v) is 5.46. The van der Waals surface area contributed by atoms with Crippen LogP contribution >= 0.6 is 34.2 Å². The van der Waals surface area contributed by atoms with Crippen LogP contribution in [-0.2, 0) is 6.42 Å². The molecule has 0 atom stereocenters. The molecular formula is C13H10ClIN2O2. The monoisotopic (exact) mass is 388 g/mol. The fourth-order valence-electron chi connectivity index (χ4n) is 1.86. The first-order valence-corrected chi connectivity index (χ1v) is 7.26. The third kappa shape index (κ3) is 2.36. The van der Waals surface area contributed by atoms with E-state index >= 15 is 0 Å². The van der Waals surface area contributed by atoms with Gasteiger partial charge in [-0.2, -0.15) is 0 Å². The molecule has 0 saturated heterocycles. The zero-order valence-corrected chi connectivity index (χ0v) is 13.0. The molecule has 0 bridgehead atoms. The Morgan fingerprint density at radius 3 is 2.84 bits per heavy atom. The van der Waals surface area contributed by atoms with Crippen LogP contribution in [0, 0.1) is 3.57 Å². The van der Waals surface area contributed by atoms with Gasteiger partial charge in [0.15, 0.2) is 17.3 Å². The third-order valence-electron chi connectivity index (χ3n) is 2.85. The van der Waals surface area contributed by atoms with E-state index in [1.165, 1.54) is 0 Å². The van der Waals surface area contributed by atoms with Crippen molar-refractivity contribution in [2.75, 3.05) is 6.79 Å². The van der Waals surface area contributed by atoms with E-state index < -0.39 is 0 Å². The molecule has 0 spiro atoms. The first-order chi connectivity index (χ1) is 9.19. The first-order valence-electron chi connectivity index (χ1n) is 5.81. The lowest BCUT2D eigenvalue weighted by molar-refractivity contribution is 0.174. The molecule has 98 valence electrons. The van der Waals surface area contributed by atoms with Gasteiger partial charge in [-0.15, -0.1) is 0 Å². The Bertz CT molecular complexity index is 649. The Labute approximate surface area is 129 Å². The minimum Gasteiger partial charge on any atom is -0.454 e. The lowest BCUT2D eigenvalue weighted by Crippen LogP contribution is -1.99. The van der Waals surface area contributed by atoms with Gasteiger partial charge in [0, 0.05) is 5.56 Å². The average molecular weight is 389 g/mol. The number of benzene rings is 1. The zero-order chi connectivity index (χ0) is 13.4. The van der Waals surface area contributed by atoms with Gasteiger partial charge >= 0.3 is 0 Å². The third-order valence-corrected chi connectivity index (χ3v) is 4.57. The Morgan fingerprint density at radius 2 is 2.05 bits per heavy atom. The smallest absolute Gasteiger partial charge is 0.231 e. The summed E-state index contributed by atoms with van der Waals surface area (Å²) in [6, 6.07) is 5.64. The molecule has 19 heavy (non-hydrogen) atoms. The molecule has 2 aromatic rings. The molecule has 1 aromatic heterocycles. The molecule has 0 aliphatic carbocycles. The fraction of sp³-hybridized carbons (Fsp3) is 0.231. The van der Waals surface area contributed by atoms with Gasteiger partial charge in [-0.05, 0) is 47.2 Å². The Hall–Kier alpha value is -1.08. The van der Waals surface area contributed by atoms with Crippen LogP contribution in [0.25, 0.3) is 11.4 Å². The van der Waals surface area contributed by atoms with Crippen molar-refractivity contribution in [3.63, 3.8) is 0 Å². The van der Waals surface area contributed by atoms with Crippen LogP contribution in [-0.4, -0.2) is 16.8 Å². The Kier molecular flexibility index (Phi) is 3.49. The molecule has 1 aliphatic heterocycles. The summed E-state index contributed by atoms with van der Waals surface area (Å²) < 4.78 is 11.6. The lowest BCUT2D eigenvalue weighted by Gasteiger charge is -2.07. The maximum atomic E-state index is 6.15. The van der Waals surface area contributed by atoms with Crippen LogP contribution in [0.5, 0.6) is 11.5 Å². The van der Waals surface area contributed by atoms with Crippen molar-refractivity contribution in [3.8, 4) is 22.9 Å². The molecule has 6 heteroatoms. The van der Waals surface area contributed by atoms with E-state index in [-0.39, 0.29) is 6.79 Å². The summed E-state index contributed by atoms with van der Waals surface area (Å²) in [5.41, 5.74) is 1.82. The molecule has 1 aliphatic rings. The minimum atomic E-state index is 0.257. The number of aromatic nitrogens is 2. The lowest BCUT2D eigenvalue weighted by atomic mass is 10.2. The van der Waals surface area contributed by atoms with Gasteiger partial charge in [-0.25, -0.2) is 9.97 Å². The highest BCUT2D eigenvalue weighted by Crippen LogP contribution is 2.35. The number of fused-ring (bicyclic) bond motifs is 1. The Morgan fingerprint density at radius 1 is 1.26 bits per heavy atom.